The minimum Gasteiger partial charge on any atom is -0.744 e. The van der Waals surface area contributed by atoms with Gasteiger partial charge in [-0.25, -0.2) is 16.8 Å². The van der Waals surface area contributed by atoms with Crippen LogP contribution in [0, 0.1) is 0 Å². The standard InChI is InChI=1S/2C13H14O3S.Ca/c2*1-2-5-10-8-9-13(17(14,15)16)12-7-4-3-6-11(10)12;/h2*3-4,6-9H,2,5H2,1H3,(H,14,15,16);/q;;+2/p-2. The Kier molecular flexibility index (Phi) is 10.7. The first kappa shape index (κ1) is 29.7. The van der Waals surface area contributed by atoms with E-state index in [1.165, 1.54) is 12.1 Å². The van der Waals surface area contributed by atoms with Crippen molar-refractivity contribution in [2.75, 3.05) is 0 Å². The van der Waals surface area contributed by atoms with Crippen molar-refractivity contribution in [3.63, 3.8) is 0 Å². The summed E-state index contributed by atoms with van der Waals surface area (Å²) in [5.74, 6) is 0. The quantitative estimate of drug-likeness (QED) is 0.252. The predicted molar refractivity (Wildman–Crippen MR) is 138 cm³/mol. The fourth-order valence-electron chi connectivity index (χ4n) is 4.08. The molecule has 0 unspecified atom stereocenters. The molecule has 0 atom stereocenters. The molecular formula is C26H26CaO6S2. The van der Waals surface area contributed by atoms with Gasteiger partial charge in [0.1, 0.15) is 20.2 Å². The predicted octanol–water partition coefficient (Wildman–Crippen LogP) is 5.01. The summed E-state index contributed by atoms with van der Waals surface area (Å²) < 4.78 is 67.0. The van der Waals surface area contributed by atoms with Crippen LogP contribution in [-0.2, 0) is 33.1 Å². The average Bonchev–Trinajstić information content (AvgIpc) is 2.79. The second-order valence-electron chi connectivity index (χ2n) is 7.95. The molecule has 0 aliphatic heterocycles. The molecule has 4 rings (SSSR count). The zero-order valence-corrected chi connectivity index (χ0v) is 23.6. The largest absolute Gasteiger partial charge is 2.00 e. The Hall–Kier alpha value is -1.52. The summed E-state index contributed by atoms with van der Waals surface area (Å²) in [6.07, 6.45) is 3.71. The molecule has 0 N–H and O–H groups in total. The van der Waals surface area contributed by atoms with Crippen molar-refractivity contribution >= 4 is 79.5 Å². The molecule has 0 saturated heterocycles. The van der Waals surface area contributed by atoms with Crippen molar-refractivity contribution in [1.29, 1.82) is 0 Å². The topological polar surface area (TPSA) is 114 Å². The summed E-state index contributed by atoms with van der Waals surface area (Å²) in [4.78, 5) is -0.263. The van der Waals surface area contributed by atoms with E-state index in [9.17, 15) is 25.9 Å². The summed E-state index contributed by atoms with van der Waals surface area (Å²) >= 11 is 0. The third-order valence-electron chi connectivity index (χ3n) is 5.53. The Morgan fingerprint density at radius 1 is 0.543 bits per heavy atom. The van der Waals surface area contributed by atoms with Crippen LogP contribution in [0.3, 0.4) is 0 Å². The van der Waals surface area contributed by atoms with Gasteiger partial charge < -0.3 is 9.11 Å². The maximum absolute atomic E-state index is 11.2. The van der Waals surface area contributed by atoms with E-state index in [1.807, 2.05) is 24.3 Å². The monoisotopic (exact) mass is 538 g/mol. The summed E-state index contributed by atoms with van der Waals surface area (Å²) in [6.45, 7) is 4.13. The molecule has 0 amide bonds. The van der Waals surface area contributed by atoms with Crippen LogP contribution in [0.1, 0.15) is 37.8 Å². The fraction of sp³-hybridized carbons (Fsp3) is 0.231. The van der Waals surface area contributed by atoms with E-state index in [2.05, 4.69) is 13.8 Å². The van der Waals surface area contributed by atoms with Crippen LogP contribution in [0.2, 0.25) is 0 Å². The van der Waals surface area contributed by atoms with E-state index < -0.39 is 20.2 Å². The number of fused-ring (bicyclic) bond motifs is 2. The van der Waals surface area contributed by atoms with E-state index in [-0.39, 0.29) is 47.5 Å². The van der Waals surface area contributed by atoms with Crippen molar-refractivity contribution in [2.24, 2.45) is 0 Å². The van der Waals surface area contributed by atoms with Crippen LogP contribution in [0.4, 0.5) is 0 Å². The molecule has 0 saturated carbocycles. The van der Waals surface area contributed by atoms with E-state index in [0.29, 0.717) is 10.8 Å². The molecule has 0 aromatic heterocycles. The number of aryl methyl sites for hydroxylation is 2. The summed E-state index contributed by atoms with van der Waals surface area (Å²) in [7, 11) is -8.82. The van der Waals surface area contributed by atoms with Crippen LogP contribution >= 0.6 is 0 Å². The Morgan fingerprint density at radius 2 is 0.857 bits per heavy atom. The van der Waals surface area contributed by atoms with Crippen molar-refractivity contribution < 1.29 is 25.9 Å². The van der Waals surface area contributed by atoms with Gasteiger partial charge in [0.2, 0.25) is 0 Å². The van der Waals surface area contributed by atoms with E-state index in [1.54, 1.807) is 36.4 Å². The number of hydrogen-bond donors (Lipinski definition) is 0. The molecule has 4 aromatic rings. The van der Waals surface area contributed by atoms with Gasteiger partial charge in [0.05, 0.1) is 9.79 Å². The molecule has 0 heterocycles. The van der Waals surface area contributed by atoms with Crippen LogP contribution in [0.5, 0.6) is 0 Å². The molecule has 0 aliphatic rings. The zero-order chi connectivity index (χ0) is 24.9. The molecule has 0 aliphatic carbocycles. The first-order chi connectivity index (χ1) is 16.1. The molecule has 35 heavy (non-hydrogen) atoms. The molecule has 0 bridgehead atoms. The molecule has 180 valence electrons. The minimum absolute atomic E-state index is 0. The van der Waals surface area contributed by atoms with Gasteiger partial charge in [0, 0.05) is 0 Å². The van der Waals surface area contributed by atoms with Gasteiger partial charge in [0.25, 0.3) is 0 Å². The summed E-state index contributed by atoms with van der Waals surface area (Å²) in [5.41, 5.74) is 2.16. The Balaban J connectivity index is 0.000000240. The molecule has 6 nitrogen and oxygen atoms in total. The Morgan fingerprint density at radius 3 is 1.14 bits per heavy atom. The van der Waals surface area contributed by atoms with Crippen molar-refractivity contribution in [2.45, 2.75) is 49.3 Å². The van der Waals surface area contributed by atoms with Gasteiger partial charge in [-0.15, -0.1) is 0 Å². The van der Waals surface area contributed by atoms with Gasteiger partial charge in [-0.3, -0.25) is 0 Å². The fourth-order valence-corrected chi connectivity index (χ4v) is 5.44. The molecule has 9 heteroatoms. The van der Waals surface area contributed by atoms with Gasteiger partial charge >= 0.3 is 37.7 Å². The first-order valence-corrected chi connectivity index (χ1v) is 13.8. The van der Waals surface area contributed by atoms with Gasteiger partial charge in [-0.1, -0.05) is 87.4 Å². The van der Waals surface area contributed by atoms with Gasteiger partial charge in [-0.2, -0.15) is 0 Å². The van der Waals surface area contributed by atoms with Crippen molar-refractivity contribution in [3.8, 4) is 0 Å². The maximum atomic E-state index is 11.2. The Bertz CT molecular complexity index is 1410. The molecular weight excluding hydrogens is 512 g/mol. The average molecular weight is 539 g/mol. The Labute approximate surface area is 236 Å². The molecule has 0 radical (unpaired) electrons. The normalized spacial score (nSPS) is 11.5. The van der Waals surface area contributed by atoms with Crippen molar-refractivity contribution in [1.82, 2.24) is 0 Å². The smallest absolute Gasteiger partial charge is 0.744 e. The zero-order valence-electron chi connectivity index (χ0n) is 19.7. The van der Waals surface area contributed by atoms with Crippen LogP contribution in [0.15, 0.2) is 82.6 Å². The number of benzene rings is 4. The summed E-state index contributed by atoms with van der Waals surface area (Å²) in [5, 5.41) is 2.75. The van der Waals surface area contributed by atoms with E-state index >= 15 is 0 Å². The molecule has 0 fully saturated rings. The second-order valence-corrected chi connectivity index (χ2v) is 10.6. The molecule has 0 spiro atoms. The maximum Gasteiger partial charge on any atom is 2.00 e. The van der Waals surface area contributed by atoms with E-state index in [4.69, 9.17) is 0 Å². The number of rotatable bonds is 6. The summed E-state index contributed by atoms with van der Waals surface area (Å²) in [6, 6.07) is 20.5. The van der Waals surface area contributed by atoms with E-state index in [0.717, 1.165) is 47.6 Å². The number of hydrogen-bond acceptors (Lipinski definition) is 6. The second kappa shape index (κ2) is 12.6. The van der Waals surface area contributed by atoms with Gasteiger partial charge in [-0.05, 0) is 57.6 Å². The minimum atomic E-state index is -4.41. The van der Waals surface area contributed by atoms with Crippen LogP contribution in [-0.4, -0.2) is 63.7 Å². The third kappa shape index (κ3) is 7.26. The molecule has 4 aromatic carbocycles. The third-order valence-corrected chi connectivity index (χ3v) is 7.32. The van der Waals surface area contributed by atoms with Crippen LogP contribution < -0.4 is 0 Å². The van der Waals surface area contributed by atoms with Crippen molar-refractivity contribution in [3.05, 3.63) is 83.9 Å². The van der Waals surface area contributed by atoms with Gasteiger partial charge in [0.15, 0.2) is 0 Å². The first-order valence-electron chi connectivity index (χ1n) is 11.0. The SMILES string of the molecule is CCCc1ccc(S(=O)(=O)[O-])c2ccccc12.CCCc1ccc(S(=O)(=O)[O-])c2ccccc12.[Ca+2]. The van der Waals surface area contributed by atoms with Crippen LogP contribution in [0.25, 0.3) is 21.5 Å².